The van der Waals surface area contributed by atoms with Crippen LogP contribution in [0.3, 0.4) is 0 Å². The highest BCUT2D eigenvalue weighted by Crippen LogP contribution is 2.21. The van der Waals surface area contributed by atoms with Crippen molar-refractivity contribution < 1.29 is 4.79 Å². The minimum Gasteiger partial charge on any atom is -0.326 e. The lowest BCUT2D eigenvalue weighted by atomic mass is 10.1. The molecule has 0 radical (unpaired) electrons. The molecule has 5 nitrogen and oxygen atoms in total. The van der Waals surface area contributed by atoms with E-state index >= 15 is 0 Å². The summed E-state index contributed by atoms with van der Waals surface area (Å²) in [7, 11) is 1.98. The Hall–Kier alpha value is -2.27. The molecule has 1 aromatic heterocycles. The second-order valence-corrected chi connectivity index (χ2v) is 5.70. The maximum atomic E-state index is 12.2. The van der Waals surface area contributed by atoms with Gasteiger partial charge in [0.15, 0.2) is 0 Å². The van der Waals surface area contributed by atoms with E-state index in [1.165, 1.54) is 5.56 Å². The van der Waals surface area contributed by atoms with Crippen LogP contribution < -0.4 is 5.32 Å². The van der Waals surface area contributed by atoms with Crippen molar-refractivity contribution in [2.24, 2.45) is 0 Å². The van der Waals surface area contributed by atoms with Crippen LogP contribution in [0.5, 0.6) is 0 Å². The smallest absolute Gasteiger partial charge is 0.225 e. The first kappa shape index (κ1) is 17.1. The number of aromatic nitrogens is 2. The third kappa shape index (κ3) is 5.14. The van der Waals surface area contributed by atoms with E-state index in [2.05, 4.69) is 33.2 Å². The van der Waals surface area contributed by atoms with Crippen LogP contribution in [0.2, 0.25) is 0 Å². The van der Waals surface area contributed by atoms with Gasteiger partial charge in [0.1, 0.15) is 0 Å². The second-order valence-electron chi connectivity index (χ2n) is 5.70. The number of aryl methyl sites for hydroxylation is 2. The number of para-hydroxylation sites is 1. The molecule has 5 heteroatoms. The summed E-state index contributed by atoms with van der Waals surface area (Å²) < 4.78 is 0. The number of nitrogens with one attached hydrogen (secondary N) is 1. The van der Waals surface area contributed by atoms with Crippen molar-refractivity contribution in [1.29, 1.82) is 0 Å². The van der Waals surface area contributed by atoms with Gasteiger partial charge in [-0.1, -0.05) is 25.1 Å². The van der Waals surface area contributed by atoms with Gasteiger partial charge in [-0.2, -0.15) is 0 Å². The topological polar surface area (TPSA) is 58.1 Å². The van der Waals surface area contributed by atoms with E-state index in [0.29, 0.717) is 19.5 Å². The monoisotopic (exact) mass is 312 g/mol. The Kier molecular flexibility index (Phi) is 6.23. The highest BCUT2D eigenvalue weighted by atomic mass is 16.1. The lowest BCUT2D eigenvalue weighted by Gasteiger charge is -2.17. The molecular weight excluding hydrogens is 288 g/mol. The van der Waals surface area contributed by atoms with Gasteiger partial charge in [0.2, 0.25) is 5.91 Å². The second kappa shape index (κ2) is 8.39. The molecule has 122 valence electrons. The molecule has 23 heavy (non-hydrogen) atoms. The van der Waals surface area contributed by atoms with Crippen LogP contribution in [-0.4, -0.2) is 34.4 Å². The minimum atomic E-state index is 0.0417. The fourth-order valence-corrected chi connectivity index (χ4v) is 2.46. The number of carbonyl (C=O) groups excluding carboxylic acids is 1. The molecule has 0 aliphatic rings. The lowest BCUT2D eigenvalue weighted by molar-refractivity contribution is -0.116. The number of hydrogen-bond acceptors (Lipinski definition) is 4. The molecule has 0 aliphatic heterocycles. The molecule has 1 N–H and O–H groups in total. The number of benzene rings is 1. The minimum absolute atomic E-state index is 0.0417. The molecule has 0 unspecified atom stereocenters. The number of nitrogens with zero attached hydrogens (tertiary/aromatic N) is 3. The van der Waals surface area contributed by atoms with Gasteiger partial charge in [-0.15, -0.1) is 0 Å². The normalized spacial score (nSPS) is 10.8. The van der Waals surface area contributed by atoms with Gasteiger partial charge in [0, 0.05) is 43.8 Å². The molecule has 0 fully saturated rings. The average Bonchev–Trinajstić information content (AvgIpc) is 2.56. The predicted octanol–water partition coefficient (Wildman–Crippen LogP) is 2.81. The number of carbonyl (C=O) groups is 1. The molecule has 0 saturated heterocycles. The average molecular weight is 312 g/mol. The zero-order valence-corrected chi connectivity index (χ0v) is 14.0. The van der Waals surface area contributed by atoms with Crippen molar-refractivity contribution in [2.45, 2.75) is 33.2 Å². The predicted molar refractivity (Wildman–Crippen MR) is 92.2 cm³/mol. The fraction of sp³-hybridized carbons (Fsp3) is 0.389. The Labute approximate surface area is 137 Å². The molecule has 0 atom stereocenters. The third-order valence-corrected chi connectivity index (χ3v) is 3.77. The van der Waals surface area contributed by atoms with Crippen molar-refractivity contribution in [2.75, 3.05) is 18.9 Å². The lowest BCUT2D eigenvalue weighted by Crippen LogP contribution is -2.24. The van der Waals surface area contributed by atoms with Crippen LogP contribution in [0.1, 0.15) is 30.2 Å². The van der Waals surface area contributed by atoms with Gasteiger partial charge in [0.25, 0.3) is 0 Å². The van der Waals surface area contributed by atoms with Crippen LogP contribution in [0.15, 0.2) is 36.8 Å². The fourth-order valence-electron chi connectivity index (χ4n) is 2.46. The molecule has 0 aliphatic carbocycles. The van der Waals surface area contributed by atoms with Crippen molar-refractivity contribution in [3.8, 4) is 0 Å². The van der Waals surface area contributed by atoms with Gasteiger partial charge in [0.05, 0.1) is 5.69 Å². The Bertz CT molecular complexity index is 643. The maximum Gasteiger partial charge on any atom is 0.225 e. The van der Waals surface area contributed by atoms with Crippen LogP contribution in [-0.2, 0) is 17.8 Å². The molecular formula is C18H24N4O. The zero-order valence-electron chi connectivity index (χ0n) is 14.0. The van der Waals surface area contributed by atoms with E-state index in [9.17, 15) is 4.79 Å². The Morgan fingerprint density at radius 1 is 1.30 bits per heavy atom. The summed E-state index contributed by atoms with van der Waals surface area (Å²) in [4.78, 5) is 22.6. The summed E-state index contributed by atoms with van der Waals surface area (Å²) >= 11 is 0. The highest BCUT2D eigenvalue weighted by molar-refractivity contribution is 5.92. The van der Waals surface area contributed by atoms with E-state index in [0.717, 1.165) is 23.4 Å². The van der Waals surface area contributed by atoms with Crippen molar-refractivity contribution >= 4 is 11.6 Å². The Balaban J connectivity index is 1.86. The third-order valence-electron chi connectivity index (χ3n) is 3.77. The number of hydrogen-bond donors (Lipinski definition) is 1. The Morgan fingerprint density at radius 2 is 2.13 bits per heavy atom. The van der Waals surface area contributed by atoms with Crippen LogP contribution in [0.4, 0.5) is 5.69 Å². The maximum absolute atomic E-state index is 12.2. The summed E-state index contributed by atoms with van der Waals surface area (Å²) in [6, 6.07) is 6.11. The number of anilines is 1. The SMILES string of the molecule is CCc1cccc(C)c1NC(=O)CCN(C)Cc1cnccn1. The summed E-state index contributed by atoms with van der Waals surface area (Å²) in [6.07, 6.45) is 6.44. The van der Waals surface area contributed by atoms with E-state index in [1.807, 2.05) is 26.1 Å². The van der Waals surface area contributed by atoms with Crippen LogP contribution in [0, 0.1) is 6.92 Å². The molecule has 1 amide bonds. The van der Waals surface area contributed by atoms with Crippen LogP contribution in [0.25, 0.3) is 0 Å². The van der Waals surface area contributed by atoms with E-state index in [1.54, 1.807) is 18.6 Å². The number of amides is 1. The highest BCUT2D eigenvalue weighted by Gasteiger charge is 2.10. The summed E-state index contributed by atoms with van der Waals surface area (Å²) in [5, 5.41) is 3.06. The van der Waals surface area contributed by atoms with Gasteiger partial charge in [-0.3, -0.25) is 19.7 Å². The van der Waals surface area contributed by atoms with Gasteiger partial charge >= 0.3 is 0 Å². The van der Waals surface area contributed by atoms with Gasteiger partial charge < -0.3 is 5.32 Å². The standard InChI is InChI=1S/C18H24N4O/c1-4-15-7-5-6-14(2)18(15)21-17(23)8-11-22(3)13-16-12-19-9-10-20-16/h5-7,9-10,12H,4,8,11,13H2,1-3H3,(H,21,23). The van der Waals surface area contributed by atoms with E-state index < -0.39 is 0 Å². The Morgan fingerprint density at radius 3 is 2.83 bits per heavy atom. The quantitative estimate of drug-likeness (QED) is 0.854. The van der Waals surface area contributed by atoms with Crippen molar-refractivity contribution in [3.63, 3.8) is 0 Å². The summed E-state index contributed by atoms with van der Waals surface area (Å²) in [5.74, 6) is 0.0417. The zero-order chi connectivity index (χ0) is 16.7. The van der Waals surface area contributed by atoms with Crippen molar-refractivity contribution in [1.82, 2.24) is 14.9 Å². The van der Waals surface area contributed by atoms with Gasteiger partial charge in [-0.05, 0) is 31.5 Å². The van der Waals surface area contributed by atoms with E-state index in [4.69, 9.17) is 0 Å². The van der Waals surface area contributed by atoms with E-state index in [-0.39, 0.29) is 5.91 Å². The first-order valence-corrected chi connectivity index (χ1v) is 7.92. The number of rotatable bonds is 7. The first-order chi connectivity index (χ1) is 11.1. The molecule has 0 spiro atoms. The molecule has 2 rings (SSSR count). The molecule has 0 bridgehead atoms. The largest absolute Gasteiger partial charge is 0.326 e. The summed E-state index contributed by atoms with van der Waals surface area (Å²) in [6.45, 7) is 5.48. The first-order valence-electron chi connectivity index (χ1n) is 7.92. The summed E-state index contributed by atoms with van der Waals surface area (Å²) in [5.41, 5.74) is 4.14. The van der Waals surface area contributed by atoms with Gasteiger partial charge in [-0.25, -0.2) is 0 Å². The van der Waals surface area contributed by atoms with Crippen LogP contribution >= 0.6 is 0 Å². The molecule has 0 saturated carbocycles. The molecule has 1 aromatic carbocycles. The van der Waals surface area contributed by atoms with Crippen molar-refractivity contribution in [3.05, 3.63) is 53.6 Å². The molecule has 2 aromatic rings. The molecule has 1 heterocycles.